The zero-order valence-electron chi connectivity index (χ0n) is 6.06. The van der Waals surface area contributed by atoms with E-state index in [2.05, 4.69) is 4.94 Å². The third kappa shape index (κ3) is 1.15. The van der Waals surface area contributed by atoms with Gasteiger partial charge in [0.1, 0.15) is 0 Å². The van der Waals surface area contributed by atoms with Crippen LogP contribution in [0.1, 0.15) is 0 Å². The van der Waals surface area contributed by atoms with Crippen molar-refractivity contribution < 1.29 is 4.92 Å². The van der Waals surface area contributed by atoms with Gasteiger partial charge in [-0.1, -0.05) is 0 Å². The van der Waals surface area contributed by atoms with Gasteiger partial charge in [0.05, 0.1) is 0 Å². The molecular formula is C8H5NO2Se. The van der Waals surface area contributed by atoms with E-state index in [1.165, 1.54) is 0 Å². The summed E-state index contributed by atoms with van der Waals surface area (Å²) in [5, 5.41) is 11.5. The van der Waals surface area contributed by atoms with Crippen LogP contribution in [0.2, 0.25) is 0 Å². The van der Waals surface area contributed by atoms with Crippen LogP contribution in [0.15, 0.2) is 29.2 Å². The Morgan fingerprint density at radius 2 is 2.17 bits per heavy atom. The Bertz CT molecular complexity index is 435. The second kappa shape index (κ2) is 2.73. The van der Waals surface area contributed by atoms with E-state index in [4.69, 9.17) is 0 Å². The number of nitrogens with zero attached hydrogens (tertiary/aromatic N) is 1. The summed E-state index contributed by atoms with van der Waals surface area (Å²) in [5.41, 5.74) is 0.194. The number of fused-ring (bicyclic) bond motifs is 1. The Labute approximate surface area is 74.5 Å². The topological polar surface area (TPSA) is 43.1 Å². The van der Waals surface area contributed by atoms with Crippen molar-refractivity contribution in [2.75, 3.05) is 0 Å². The molecule has 0 unspecified atom stereocenters. The van der Waals surface area contributed by atoms with Crippen LogP contribution in [0.3, 0.4) is 0 Å². The number of non-ortho nitro benzene ring substituents is 1. The van der Waals surface area contributed by atoms with Crippen LogP contribution in [0.5, 0.6) is 0 Å². The van der Waals surface area contributed by atoms with Crippen molar-refractivity contribution in [1.82, 2.24) is 0 Å². The monoisotopic (exact) mass is 227 g/mol. The predicted octanol–water partition coefficient (Wildman–Crippen LogP) is 1.80. The van der Waals surface area contributed by atoms with Gasteiger partial charge in [-0.3, -0.25) is 0 Å². The molecule has 0 amide bonds. The Morgan fingerprint density at radius 1 is 1.33 bits per heavy atom. The molecule has 0 aliphatic heterocycles. The van der Waals surface area contributed by atoms with Crippen molar-refractivity contribution in [2.24, 2.45) is 0 Å². The molecule has 0 fully saturated rings. The first-order valence-electron chi connectivity index (χ1n) is 3.39. The van der Waals surface area contributed by atoms with Crippen LogP contribution in [0.4, 0.5) is 5.69 Å². The molecule has 60 valence electrons. The average Bonchev–Trinajstić information content (AvgIpc) is 2.49. The first-order valence-corrected chi connectivity index (χ1v) is 5.23. The molecule has 3 nitrogen and oxygen atoms in total. The maximum atomic E-state index is 10.4. The van der Waals surface area contributed by atoms with Gasteiger partial charge in [0.15, 0.2) is 0 Å². The zero-order valence-corrected chi connectivity index (χ0v) is 7.77. The van der Waals surface area contributed by atoms with E-state index in [1.54, 1.807) is 18.2 Å². The molecule has 0 bridgehead atoms. The predicted molar refractivity (Wildman–Crippen MR) is 47.5 cm³/mol. The molecule has 0 radical (unpaired) electrons. The summed E-state index contributed by atoms with van der Waals surface area (Å²) < 4.78 is 1.11. The van der Waals surface area contributed by atoms with Gasteiger partial charge in [-0.25, -0.2) is 0 Å². The van der Waals surface area contributed by atoms with Crippen molar-refractivity contribution in [3.8, 4) is 0 Å². The van der Waals surface area contributed by atoms with Gasteiger partial charge in [-0.15, -0.1) is 0 Å². The molecule has 1 heterocycles. The normalized spacial score (nSPS) is 10.3. The van der Waals surface area contributed by atoms with Gasteiger partial charge >= 0.3 is 74.1 Å². The Balaban J connectivity index is 2.68. The zero-order chi connectivity index (χ0) is 8.55. The number of hydrogen-bond acceptors (Lipinski definition) is 2. The van der Waals surface area contributed by atoms with Crippen molar-refractivity contribution in [3.63, 3.8) is 0 Å². The van der Waals surface area contributed by atoms with Gasteiger partial charge in [-0.2, -0.15) is 0 Å². The van der Waals surface area contributed by atoms with Crippen LogP contribution in [0, 0.1) is 10.1 Å². The standard InChI is InChI=1S/C8H5NO2Se/c10-9(11)7-2-1-6-3-4-12-8(6)5-7/h1-5H. The molecule has 0 aliphatic rings. The molecule has 0 saturated carbocycles. The maximum absolute atomic E-state index is 10.4. The van der Waals surface area contributed by atoms with Crippen LogP contribution < -0.4 is 0 Å². The second-order valence-electron chi connectivity index (χ2n) is 2.40. The van der Waals surface area contributed by atoms with Crippen LogP contribution >= 0.6 is 0 Å². The van der Waals surface area contributed by atoms with Crippen molar-refractivity contribution in [1.29, 1.82) is 0 Å². The van der Waals surface area contributed by atoms with Crippen molar-refractivity contribution in [3.05, 3.63) is 39.3 Å². The Hall–Kier alpha value is -1.12. The summed E-state index contributed by atoms with van der Waals surface area (Å²) in [6.07, 6.45) is 0. The Kier molecular flexibility index (Phi) is 1.71. The van der Waals surface area contributed by atoms with E-state index in [0.29, 0.717) is 14.5 Å². The number of hydrogen-bond donors (Lipinski definition) is 0. The summed E-state index contributed by atoms with van der Waals surface area (Å²) in [6.45, 7) is 0. The van der Waals surface area contributed by atoms with Crippen LogP contribution in [0.25, 0.3) is 9.65 Å². The molecule has 2 aromatic rings. The van der Waals surface area contributed by atoms with Gasteiger partial charge in [-0.05, 0) is 0 Å². The quantitative estimate of drug-likeness (QED) is 0.422. The summed E-state index contributed by atoms with van der Waals surface area (Å²) >= 11 is 0.293. The third-order valence-electron chi connectivity index (χ3n) is 1.65. The van der Waals surface area contributed by atoms with Crippen LogP contribution in [-0.2, 0) is 0 Å². The van der Waals surface area contributed by atoms with E-state index in [9.17, 15) is 10.1 Å². The van der Waals surface area contributed by atoms with Gasteiger partial charge in [0, 0.05) is 0 Å². The van der Waals surface area contributed by atoms with Gasteiger partial charge in [0.25, 0.3) is 0 Å². The first-order chi connectivity index (χ1) is 5.77. The minimum atomic E-state index is -0.353. The molecule has 0 saturated heterocycles. The first kappa shape index (κ1) is 7.52. The number of rotatable bonds is 1. The van der Waals surface area contributed by atoms with Crippen LogP contribution in [-0.4, -0.2) is 19.4 Å². The third-order valence-corrected chi connectivity index (χ3v) is 3.50. The second-order valence-corrected chi connectivity index (χ2v) is 4.39. The van der Waals surface area contributed by atoms with Gasteiger partial charge in [0.2, 0.25) is 0 Å². The molecule has 4 heteroatoms. The molecular weight excluding hydrogens is 221 g/mol. The minimum absolute atomic E-state index is 0.194. The summed E-state index contributed by atoms with van der Waals surface area (Å²) in [4.78, 5) is 12.1. The van der Waals surface area contributed by atoms with E-state index < -0.39 is 0 Å². The van der Waals surface area contributed by atoms with E-state index in [0.717, 1.165) is 9.65 Å². The van der Waals surface area contributed by atoms with Crippen molar-refractivity contribution >= 4 is 29.8 Å². The van der Waals surface area contributed by atoms with E-state index in [1.807, 2.05) is 6.07 Å². The van der Waals surface area contributed by atoms with E-state index >= 15 is 0 Å². The summed E-state index contributed by atoms with van der Waals surface area (Å²) in [7, 11) is 0. The molecule has 1 aromatic carbocycles. The SMILES string of the molecule is O=[N+]([O-])c1ccc2cc[se]c2c1. The molecule has 0 N–H and O–H groups in total. The summed E-state index contributed by atoms with van der Waals surface area (Å²) in [6, 6.07) is 7.03. The van der Waals surface area contributed by atoms with E-state index in [-0.39, 0.29) is 10.6 Å². The fourth-order valence-corrected chi connectivity index (χ4v) is 2.78. The fourth-order valence-electron chi connectivity index (χ4n) is 1.06. The molecule has 12 heavy (non-hydrogen) atoms. The fraction of sp³-hybridized carbons (Fsp3) is 0. The Morgan fingerprint density at radius 3 is 2.92 bits per heavy atom. The molecule has 1 aromatic heterocycles. The molecule has 0 atom stereocenters. The molecule has 0 aliphatic carbocycles. The average molecular weight is 226 g/mol. The molecule has 0 spiro atoms. The molecule has 2 rings (SSSR count). The number of nitro benzene ring substituents is 1. The number of benzene rings is 1. The van der Waals surface area contributed by atoms with Crippen molar-refractivity contribution in [2.45, 2.75) is 0 Å². The summed E-state index contributed by atoms with van der Waals surface area (Å²) in [5.74, 6) is 0. The van der Waals surface area contributed by atoms with Gasteiger partial charge < -0.3 is 0 Å². The number of nitro groups is 1.